The van der Waals surface area contributed by atoms with E-state index in [-0.39, 0.29) is 8.80 Å². The second-order valence-electron chi connectivity index (χ2n) is 4.18. The summed E-state index contributed by atoms with van der Waals surface area (Å²) in [5, 5.41) is 0. The molecule has 0 N–H and O–H groups in total. The second-order valence-corrected chi connectivity index (χ2v) is 12.1. The van der Waals surface area contributed by atoms with Crippen LogP contribution in [0.3, 0.4) is 0 Å². The lowest BCUT2D eigenvalue weighted by Gasteiger charge is -2.15. The summed E-state index contributed by atoms with van der Waals surface area (Å²) >= 11 is 4.03. The minimum absolute atomic E-state index is 0.120. The number of hydrogen-bond donors (Lipinski definition) is 1. The lowest BCUT2D eigenvalue weighted by Crippen LogP contribution is -2.26. The Morgan fingerprint density at radius 1 is 1.17 bits per heavy atom. The summed E-state index contributed by atoms with van der Waals surface area (Å²) in [6.45, 7) is 14.1. The number of rotatable bonds is 3. The normalized spacial score (nSPS) is 11.0. The molecule has 0 aromatic carbocycles. The average molecular weight is 224 g/mol. The highest BCUT2D eigenvalue weighted by molar-refractivity contribution is 7.80. The summed E-state index contributed by atoms with van der Waals surface area (Å²) in [4.78, 5) is 0. The van der Waals surface area contributed by atoms with Crippen molar-refractivity contribution in [2.45, 2.75) is 39.3 Å². The van der Waals surface area contributed by atoms with Crippen LogP contribution >= 0.6 is 12.6 Å². The third-order valence-corrected chi connectivity index (χ3v) is 1.88. The summed E-state index contributed by atoms with van der Waals surface area (Å²) in [7, 11) is -1.11. The first-order valence-electron chi connectivity index (χ1n) is 4.31. The van der Waals surface area contributed by atoms with Crippen molar-refractivity contribution in [3.8, 4) is 0 Å². The zero-order valence-corrected chi connectivity index (χ0v) is 12.2. The van der Waals surface area contributed by atoms with E-state index in [4.69, 9.17) is 4.43 Å². The predicted molar refractivity (Wildman–Crippen MR) is 66.5 cm³/mol. The van der Waals surface area contributed by atoms with Gasteiger partial charge in [0.2, 0.25) is 0 Å². The molecular formula is C8H23OSSi2. The Bertz CT molecular complexity index is 88.8. The maximum Gasteiger partial charge on any atom is 0.183 e. The molecule has 0 bridgehead atoms. The van der Waals surface area contributed by atoms with Gasteiger partial charge < -0.3 is 4.43 Å². The molecule has 0 saturated heterocycles. The Balaban J connectivity index is 0. The van der Waals surface area contributed by atoms with Gasteiger partial charge in [-0.1, -0.05) is 19.6 Å². The molecule has 0 unspecified atom stereocenters. The van der Waals surface area contributed by atoms with E-state index in [2.05, 4.69) is 51.9 Å². The summed E-state index contributed by atoms with van der Waals surface area (Å²) < 4.78 is 5.44. The minimum Gasteiger partial charge on any atom is -0.417 e. The molecule has 0 heterocycles. The lowest BCUT2D eigenvalue weighted by atomic mass is 10.9. The van der Waals surface area contributed by atoms with E-state index in [0.717, 1.165) is 12.4 Å². The Hall–Kier alpha value is 0.744. The van der Waals surface area contributed by atoms with Crippen molar-refractivity contribution in [2.75, 3.05) is 12.4 Å². The van der Waals surface area contributed by atoms with Crippen molar-refractivity contribution >= 4 is 29.7 Å². The SMILES string of the molecule is C[Si](C)(C)OCCS.C[Si](C)C. The number of hydrogen-bond acceptors (Lipinski definition) is 2. The van der Waals surface area contributed by atoms with Gasteiger partial charge in [0.1, 0.15) is 0 Å². The molecule has 0 saturated carbocycles. The van der Waals surface area contributed by atoms with Crippen LogP contribution in [-0.2, 0) is 4.43 Å². The first-order valence-corrected chi connectivity index (χ1v) is 11.3. The summed E-state index contributed by atoms with van der Waals surface area (Å²) in [5.74, 6) is 0.838. The van der Waals surface area contributed by atoms with Gasteiger partial charge in [-0.2, -0.15) is 12.6 Å². The molecule has 0 spiro atoms. The van der Waals surface area contributed by atoms with Crippen molar-refractivity contribution < 1.29 is 4.43 Å². The average Bonchev–Trinajstić information content (AvgIpc) is 1.80. The summed E-state index contributed by atoms with van der Waals surface area (Å²) in [6, 6.07) is 0. The highest BCUT2D eigenvalue weighted by Gasteiger charge is 2.12. The van der Waals surface area contributed by atoms with E-state index >= 15 is 0 Å². The molecule has 4 heteroatoms. The van der Waals surface area contributed by atoms with Crippen LogP contribution in [0.25, 0.3) is 0 Å². The molecule has 0 fully saturated rings. The quantitative estimate of drug-likeness (QED) is 0.571. The Labute approximate surface area is 86.1 Å². The van der Waals surface area contributed by atoms with Crippen molar-refractivity contribution in [1.29, 1.82) is 0 Å². The molecule has 0 aliphatic rings. The van der Waals surface area contributed by atoms with Crippen LogP contribution in [-0.4, -0.2) is 29.5 Å². The van der Waals surface area contributed by atoms with E-state index in [9.17, 15) is 0 Å². The van der Waals surface area contributed by atoms with Gasteiger partial charge in [0, 0.05) is 21.2 Å². The van der Waals surface area contributed by atoms with E-state index in [1.807, 2.05) is 0 Å². The lowest BCUT2D eigenvalue weighted by molar-refractivity contribution is 0.338. The number of thiol groups is 1. The fraction of sp³-hybridized carbons (Fsp3) is 1.00. The molecule has 0 amide bonds. The smallest absolute Gasteiger partial charge is 0.183 e. The maximum atomic E-state index is 5.44. The Morgan fingerprint density at radius 3 is 1.58 bits per heavy atom. The van der Waals surface area contributed by atoms with Crippen LogP contribution in [0, 0.1) is 0 Å². The van der Waals surface area contributed by atoms with Crippen LogP contribution < -0.4 is 0 Å². The molecule has 1 nitrogen and oxygen atoms in total. The predicted octanol–water partition coefficient (Wildman–Crippen LogP) is 3.14. The van der Waals surface area contributed by atoms with Gasteiger partial charge in [-0.05, 0) is 19.6 Å². The van der Waals surface area contributed by atoms with Gasteiger partial charge in [-0.25, -0.2) is 0 Å². The van der Waals surface area contributed by atoms with Gasteiger partial charge in [-0.15, -0.1) is 0 Å². The van der Waals surface area contributed by atoms with Gasteiger partial charge >= 0.3 is 0 Å². The monoisotopic (exact) mass is 223 g/mol. The van der Waals surface area contributed by atoms with E-state index in [0.29, 0.717) is 0 Å². The summed E-state index contributed by atoms with van der Waals surface area (Å²) in [6.07, 6.45) is 0. The van der Waals surface area contributed by atoms with Gasteiger partial charge in [0.25, 0.3) is 0 Å². The molecule has 0 aliphatic heterocycles. The first kappa shape index (κ1) is 15.2. The van der Waals surface area contributed by atoms with E-state index in [1.54, 1.807) is 0 Å². The van der Waals surface area contributed by atoms with Crippen LogP contribution in [0.5, 0.6) is 0 Å². The van der Waals surface area contributed by atoms with Crippen molar-refractivity contribution in [2.24, 2.45) is 0 Å². The highest BCUT2D eigenvalue weighted by atomic mass is 32.1. The van der Waals surface area contributed by atoms with Crippen molar-refractivity contribution in [3.05, 3.63) is 0 Å². The van der Waals surface area contributed by atoms with Crippen molar-refractivity contribution in [3.63, 3.8) is 0 Å². The standard InChI is InChI=1S/C5H14OSSi.C3H9Si/c1-8(2,3)6-4-5-7;1-4(2)3/h7H,4-5H2,1-3H3;1-3H3. The zero-order chi connectivity index (χ0) is 10.2. The fourth-order valence-corrected chi connectivity index (χ4v) is 1.33. The first-order chi connectivity index (χ1) is 5.29. The van der Waals surface area contributed by atoms with Crippen LogP contribution in [0.2, 0.25) is 39.3 Å². The molecule has 0 aromatic rings. The largest absolute Gasteiger partial charge is 0.417 e. The zero-order valence-electron chi connectivity index (χ0n) is 9.27. The minimum atomic E-state index is -1.23. The van der Waals surface area contributed by atoms with E-state index in [1.165, 1.54) is 0 Å². The molecule has 0 atom stereocenters. The highest BCUT2D eigenvalue weighted by Crippen LogP contribution is 2.01. The molecule has 1 radical (unpaired) electrons. The molecule has 0 rings (SSSR count). The van der Waals surface area contributed by atoms with Crippen LogP contribution in [0.1, 0.15) is 0 Å². The van der Waals surface area contributed by atoms with Gasteiger partial charge in [-0.3, -0.25) is 0 Å². The van der Waals surface area contributed by atoms with Crippen molar-refractivity contribution in [1.82, 2.24) is 0 Å². The summed E-state index contributed by atoms with van der Waals surface area (Å²) in [5.41, 5.74) is 0. The van der Waals surface area contributed by atoms with Crippen LogP contribution in [0.4, 0.5) is 0 Å². The maximum absolute atomic E-state index is 5.44. The molecular weight excluding hydrogens is 200 g/mol. The molecule has 0 aromatic heterocycles. The van der Waals surface area contributed by atoms with Gasteiger partial charge in [0.15, 0.2) is 8.32 Å². The van der Waals surface area contributed by atoms with Gasteiger partial charge in [0.05, 0.1) is 0 Å². The molecule has 75 valence electrons. The second kappa shape index (κ2) is 8.35. The Kier molecular flexibility index (Phi) is 10.6. The molecule has 12 heavy (non-hydrogen) atoms. The van der Waals surface area contributed by atoms with Crippen LogP contribution in [0.15, 0.2) is 0 Å². The molecule has 0 aliphatic carbocycles. The topological polar surface area (TPSA) is 9.23 Å². The Morgan fingerprint density at radius 2 is 1.50 bits per heavy atom. The third kappa shape index (κ3) is 30.9. The fourth-order valence-electron chi connectivity index (χ4n) is 0.352. The van der Waals surface area contributed by atoms with E-state index < -0.39 is 8.32 Å². The third-order valence-electron chi connectivity index (χ3n) is 0.626.